The van der Waals surface area contributed by atoms with Gasteiger partial charge in [-0.2, -0.15) is 0 Å². The molecular weight excluding hydrogens is 189 g/mol. The van der Waals surface area contributed by atoms with Gasteiger partial charge >= 0.3 is 0 Å². The highest BCUT2D eigenvalue weighted by Gasteiger charge is 2.25. The number of nitrogens with two attached hydrogens (primary N) is 1. The number of aryl methyl sites for hydroxylation is 1. The van der Waals surface area contributed by atoms with Gasteiger partial charge in [0, 0.05) is 6.04 Å². The molecule has 1 aromatic rings. The minimum atomic E-state index is -0.204. The lowest BCUT2D eigenvalue weighted by Gasteiger charge is -2.28. The lowest BCUT2D eigenvalue weighted by molar-refractivity contribution is 0.417. The number of hydrogen-bond acceptors (Lipinski definition) is 1. The standard InChI is InChI=1S/C13H20FN/c1-9-5-6-12(14)11(7-9)13(3,4)8-10(2)15/h5-7,10H,8,15H2,1-4H3. The van der Waals surface area contributed by atoms with Gasteiger partial charge in [0.25, 0.3) is 0 Å². The molecule has 0 heterocycles. The molecule has 2 heteroatoms. The summed E-state index contributed by atoms with van der Waals surface area (Å²) in [7, 11) is 0. The monoisotopic (exact) mass is 209 g/mol. The van der Waals surface area contributed by atoms with Crippen LogP contribution in [-0.4, -0.2) is 6.04 Å². The average molecular weight is 209 g/mol. The maximum absolute atomic E-state index is 13.7. The minimum Gasteiger partial charge on any atom is -0.328 e. The maximum Gasteiger partial charge on any atom is 0.126 e. The van der Waals surface area contributed by atoms with E-state index in [4.69, 9.17) is 5.73 Å². The Morgan fingerprint density at radius 2 is 2.00 bits per heavy atom. The summed E-state index contributed by atoms with van der Waals surface area (Å²) in [5.41, 5.74) is 7.43. The van der Waals surface area contributed by atoms with E-state index in [9.17, 15) is 4.39 Å². The summed E-state index contributed by atoms with van der Waals surface area (Å²) in [5.74, 6) is -0.133. The Kier molecular flexibility index (Phi) is 3.50. The number of benzene rings is 1. The van der Waals surface area contributed by atoms with Crippen LogP contribution in [0.5, 0.6) is 0 Å². The highest BCUT2D eigenvalue weighted by atomic mass is 19.1. The van der Waals surface area contributed by atoms with Crippen molar-refractivity contribution >= 4 is 0 Å². The first-order chi connectivity index (χ1) is 6.83. The van der Waals surface area contributed by atoms with Crippen molar-refractivity contribution in [3.05, 3.63) is 35.1 Å². The van der Waals surface area contributed by atoms with Gasteiger partial charge in [-0.25, -0.2) is 4.39 Å². The van der Waals surface area contributed by atoms with Gasteiger partial charge in [0.05, 0.1) is 0 Å². The Morgan fingerprint density at radius 3 is 2.53 bits per heavy atom. The van der Waals surface area contributed by atoms with Crippen LogP contribution in [0.4, 0.5) is 4.39 Å². The van der Waals surface area contributed by atoms with E-state index >= 15 is 0 Å². The van der Waals surface area contributed by atoms with E-state index in [0.29, 0.717) is 0 Å². The average Bonchev–Trinajstić information content (AvgIpc) is 2.06. The normalized spacial score (nSPS) is 14.0. The summed E-state index contributed by atoms with van der Waals surface area (Å²) in [6.07, 6.45) is 0.785. The molecular formula is C13H20FN. The summed E-state index contributed by atoms with van der Waals surface area (Å²) >= 11 is 0. The molecule has 2 N–H and O–H groups in total. The summed E-state index contributed by atoms with van der Waals surface area (Å²) in [6, 6.07) is 5.33. The molecule has 0 aliphatic carbocycles. The molecule has 0 aliphatic rings. The molecule has 1 aromatic carbocycles. The van der Waals surface area contributed by atoms with Crippen LogP contribution in [0.3, 0.4) is 0 Å². The third kappa shape index (κ3) is 3.03. The number of rotatable bonds is 3. The van der Waals surface area contributed by atoms with Crippen LogP contribution < -0.4 is 5.73 Å². The Hall–Kier alpha value is -0.890. The molecule has 0 aliphatic heterocycles. The van der Waals surface area contributed by atoms with Crippen LogP contribution in [0.25, 0.3) is 0 Å². The molecule has 0 radical (unpaired) electrons. The van der Waals surface area contributed by atoms with Gasteiger partial charge in [-0.15, -0.1) is 0 Å². The summed E-state index contributed by atoms with van der Waals surface area (Å²) < 4.78 is 13.7. The zero-order chi connectivity index (χ0) is 11.6. The third-order valence-corrected chi connectivity index (χ3v) is 2.68. The van der Waals surface area contributed by atoms with E-state index in [0.717, 1.165) is 17.5 Å². The van der Waals surface area contributed by atoms with E-state index in [-0.39, 0.29) is 17.3 Å². The van der Waals surface area contributed by atoms with Gasteiger partial charge in [0.2, 0.25) is 0 Å². The van der Waals surface area contributed by atoms with Crippen molar-refractivity contribution in [3.63, 3.8) is 0 Å². The molecule has 15 heavy (non-hydrogen) atoms. The van der Waals surface area contributed by atoms with Crippen LogP contribution in [0.2, 0.25) is 0 Å². The second-order valence-electron chi connectivity index (χ2n) is 5.05. The second kappa shape index (κ2) is 4.31. The summed E-state index contributed by atoms with van der Waals surface area (Å²) in [6.45, 7) is 8.00. The van der Waals surface area contributed by atoms with Gasteiger partial charge in [0.15, 0.2) is 0 Å². The first-order valence-corrected chi connectivity index (χ1v) is 5.35. The highest BCUT2D eigenvalue weighted by Crippen LogP contribution is 2.30. The molecule has 0 spiro atoms. The first kappa shape index (κ1) is 12.2. The van der Waals surface area contributed by atoms with Gasteiger partial charge in [-0.05, 0) is 37.3 Å². The van der Waals surface area contributed by atoms with Crippen molar-refractivity contribution in [1.29, 1.82) is 0 Å². The van der Waals surface area contributed by atoms with Crippen LogP contribution in [0.15, 0.2) is 18.2 Å². The molecule has 0 aromatic heterocycles. The largest absolute Gasteiger partial charge is 0.328 e. The Bertz CT molecular complexity index is 342. The molecule has 0 saturated carbocycles. The van der Waals surface area contributed by atoms with Crippen LogP contribution in [0, 0.1) is 12.7 Å². The quantitative estimate of drug-likeness (QED) is 0.813. The molecule has 1 nitrogen and oxygen atoms in total. The van der Waals surface area contributed by atoms with E-state index in [1.807, 2.05) is 33.8 Å². The van der Waals surface area contributed by atoms with E-state index in [1.165, 1.54) is 6.07 Å². The molecule has 0 amide bonds. The predicted molar refractivity (Wildman–Crippen MR) is 62.4 cm³/mol. The smallest absolute Gasteiger partial charge is 0.126 e. The van der Waals surface area contributed by atoms with Gasteiger partial charge in [0.1, 0.15) is 5.82 Å². The van der Waals surface area contributed by atoms with Gasteiger partial charge in [-0.3, -0.25) is 0 Å². The maximum atomic E-state index is 13.7. The minimum absolute atomic E-state index is 0.0833. The third-order valence-electron chi connectivity index (χ3n) is 2.68. The van der Waals surface area contributed by atoms with Gasteiger partial charge < -0.3 is 5.73 Å². The molecule has 0 bridgehead atoms. The van der Waals surface area contributed by atoms with Crippen molar-refractivity contribution in [1.82, 2.24) is 0 Å². The van der Waals surface area contributed by atoms with E-state index in [2.05, 4.69) is 0 Å². The molecule has 1 rings (SSSR count). The topological polar surface area (TPSA) is 26.0 Å². The van der Waals surface area contributed by atoms with Crippen molar-refractivity contribution in [3.8, 4) is 0 Å². The summed E-state index contributed by atoms with van der Waals surface area (Å²) in [4.78, 5) is 0. The van der Waals surface area contributed by atoms with Gasteiger partial charge in [-0.1, -0.05) is 31.5 Å². The molecule has 0 fully saturated rings. The molecule has 1 atom stereocenters. The molecule has 1 unspecified atom stereocenters. The zero-order valence-electron chi connectivity index (χ0n) is 9.97. The first-order valence-electron chi connectivity index (χ1n) is 5.35. The predicted octanol–water partition coefficient (Wildman–Crippen LogP) is 3.15. The highest BCUT2D eigenvalue weighted by molar-refractivity contribution is 5.30. The fourth-order valence-electron chi connectivity index (χ4n) is 2.07. The van der Waals surface area contributed by atoms with Crippen LogP contribution in [-0.2, 0) is 5.41 Å². The van der Waals surface area contributed by atoms with Crippen molar-refractivity contribution in [2.45, 2.75) is 45.6 Å². The van der Waals surface area contributed by atoms with Crippen molar-refractivity contribution in [2.75, 3.05) is 0 Å². The Balaban J connectivity index is 3.08. The zero-order valence-corrected chi connectivity index (χ0v) is 9.97. The van der Waals surface area contributed by atoms with Crippen molar-refractivity contribution in [2.24, 2.45) is 5.73 Å². The lowest BCUT2D eigenvalue weighted by atomic mass is 9.79. The van der Waals surface area contributed by atoms with E-state index < -0.39 is 0 Å². The fourth-order valence-corrected chi connectivity index (χ4v) is 2.07. The van der Waals surface area contributed by atoms with Crippen molar-refractivity contribution < 1.29 is 4.39 Å². The van der Waals surface area contributed by atoms with E-state index in [1.54, 1.807) is 6.07 Å². The summed E-state index contributed by atoms with van der Waals surface area (Å²) in [5, 5.41) is 0. The van der Waals surface area contributed by atoms with Crippen LogP contribution >= 0.6 is 0 Å². The number of halogens is 1. The lowest BCUT2D eigenvalue weighted by Crippen LogP contribution is -2.29. The fraction of sp³-hybridized carbons (Fsp3) is 0.538. The Morgan fingerprint density at radius 1 is 1.40 bits per heavy atom. The number of hydrogen-bond donors (Lipinski definition) is 1. The second-order valence-corrected chi connectivity index (χ2v) is 5.05. The molecule has 0 saturated heterocycles. The molecule has 84 valence electrons. The SMILES string of the molecule is Cc1ccc(F)c(C(C)(C)CC(C)N)c1. The van der Waals surface area contributed by atoms with Crippen LogP contribution in [0.1, 0.15) is 38.3 Å². The Labute approximate surface area is 91.5 Å².